The second kappa shape index (κ2) is 6.20. The highest BCUT2D eigenvalue weighted by molar-refractivity contribution is 5.95. The van der Waals surface area contributed by atoms with E-state index in [0.717, 1.165) is 5.69 Å². The maximum Gasteiger partial charge on any atom is 0.214 e. The molecule has 0 amide bonds. The summed E-state index contributed by atoms with van der Waals surface area (Å²) >= 11 is 0. The van der Waals surface area contributed by atoms with Crippen molar-refractivity contribution < 1.29 is 9.47 Å². The fourth-order valence-electron chi connectivity index (χ4n) is 1.38. The smallest absolute Gasteiger partial charge is 0.214 e. The standard InChI is InChI=1S/C12H19N3O2/c1-4-16-7-9(3)17-11-6-10(12(13)14)5-8(2)15-11/h5-6,9H,4,7H2,1-3H3,(H3,13,14). The zero-order valence-corrected chi connectivity index (χ0v) is 10.5. The van der Waals surface area contributed by atoms with Crippen molar-refractivity contribution in [3.8, 4) is 5.88 Å². The van der Waals surface area contributed by atoms with Crippen LogP contribution in [-0.2, 0) is 4.74 Å². The van der Waals surface area contributed by atoms with Gasteiger partial charge >= 0.3 is 0 Å². The molecule has 1 atom stereocenters. The monoisotopic (exact) mass is 237 g/mol. The highest BCUT2D eigenvalue weighted by Gasteiger charge is 2.08. The van der Waals surface area contributed by atoms with Crippen LogP contribution in [0.3, 0.4) is 0 Å². The first-order valence-electron chi connectivity index (χ1n) is 5.60. The number of rotatable bonds is 6. The van der Waals surface area contributed by atoms with Crippen LogP contribution < -0.4 is 10.5 Å². The Kier molecular flexibility index (Phi) is 4.90. The molecule has 0 radical (unpaired) electrons. The molecule has 0 aliphatic carbocycles. The summed E-state index contributed by atoms with van der Waals surface area (Å²) in [6.45, 7) is 6.86. The maximum absolute atomic E-state index is 7.39. The van der Waals surface area contributed by atoms with Crippen molar-refractivity contribution in [3.05, 3.63) is 23.4 Å². The summed E-state index contributed by atoms with van der Waals surface area (Å²) in [7, 11) is 0. The van der Waals surface area contributed by atoms with Gasteiger partial charge in [-0.3, -0.25) is 5.41 Å². The van der Waals surface area contributed by atoms with Gasteiger partial charge in [-0.15, -0.1) is 0 Å². The normalized spacial score (nSPS) is 12.2. The third-order valence-corrected chi connectivity index (χ3v) is 2.12. The Morgan fingerprint density at radius 3 is 2.82 bits per heavy atom. The Morgan fingerprint density at radius 1 is 1.53 bits per heavy atom. The molecule has 0 aliphatic rings. The number of ether oxygens (including phenoxy) is 2. The molecule has 1 unspecified atom stereocenters. The Morgan fingerprint density at radius 2 is 2.24 bits per heavy atom. The van der Waals surface area contributed by atoms with E-state index in [1.54, 1.807) is 12.1 Å². The lowest BCUT2D eigenvalue weighted by molar-refractivity contribution is 0.0633. The molecule has 1 aromatic heterocycles. The fraction of sp³-hybridized carbons (Fsp3) is 0.500. The molecule has 1 aromatic rings. The summed E-state index contributed by atoms with van der Waals surface area (Å²) in [5.41, 5.74) is 6.83. The first-order chi connectivity index (χ1) is 8.02. The number of aromatic nitrogens is 1. The number of nitrogens with one attached hydrogen (secondary N) is 1. The average Bonchev–Trinajstić information content (AvgIpc) is 2.25. The van der Waals surface area contributed by atoms with Crippen LogP contribution in [0.25, 0.3) is 0 Å². The fourth-order valence-corrected chi connectivity index (χ4v) is 1.38. The van der Waals surface area contributed by atoms with Crippen LogP contribution in [0.2, 0.25) is 0 Å². The van der Waals surface area contributed by atoms with E-state index in [4.69, 9.17) is 20.6 Å². The summed E-state index contributed by atoms with van der Waals surface area (Å²) in [6.07, 6.45) is -0.0796. The van der Waals surface area contributed by atoms with Crippen molar-refractivity contribution in [1.82, 2.24) is 4.98 Å². The zero-order valence-electron chi connectivity index (χ0n) is 10.5. The van der Waals surface area contributed by atoms with Crippen molar-refractivity contribution in [1.29, 1.82) is 5.41 Å². The molecule has 94 valence electrons. The van der Waals surface area contributed by atoms with Gasteiger partial charge in [0.2, 0.25) is 5.88 Å². The van der Waals surface area contributed by atoms with E-state index in [0.29, 0.717) is 24.7 Å². The number of amidine groups is 1. The number of nitrogen functional groups attached to an aromatic ring is 1. The van der Waals surface area contributed by atoms with Gasteiger partial charge in [-0.05, 0) is 26.8 Å². The van der Waals surface area contributed by atoms with Gasteiger partial charge in [0, 0.05) is 23.9 Å². The lowest BCUT2D eigenvalue weighted by atomic mass is 10.2. The molecular weight excluding hydrogens is 218 g/mol. The second-order valence-corrected chi connectivity index (χ2v) is 3.84. The minimum absolute atomic E-state index is 0.0119. The Bertz CT molecular complexity index is 393. The summed E-state index contributed by atoms with van der Waals surface area (Å²) in [6, 6.07) is 3.42. The number of hydrogen-bond donors (Lipinski definition) is 2. The third kappa shape index (κ3) is 4.40. The molecule has 5 heteroatoms. The van der Waals surface area contributed by atoms with Crippen LogP contribution in [0.1, 0.15) is 25.1 Å². The molecule has 0 aromatic carbocycles. The molecule has 0 saturated heterocycles. The van der Waals surface area contributed by atoms with Crippen molar-refractivity contribution in [2.75, 3.05) is 13.2 Å². The Labute approximate surface area is 101 Å². The van der Waals surface area contributed by atoms with Gasteiger partial charge < -0.3 is 15.2 Å². The number of aryl methyl sites for hydroxylation is 1. The molecule has 0 spiro atoms. The Balaban J connectivity index is 2.73. The van der Waals surface area contributed by atoms with Gasteiger partial charge in [0.05, 0.1) is 6.61 Å². The van der Waals surface area contributed by atoms with Crippen LogP contribution in [0.4, 0.5) is 0 Å². The van der Waals surface area contributed by atoms with Gasteiger partial charge in [0.15, 0.2) is 0 Å². The average molecular weight is 237 g/mol. The lowest BCUT2D eigenvalue weighted by Gasteiger charge is -2.14. The first-order valence-corrected chi connectivity index (χ1v) is 5.60. The van der Waals surface area contributed by atoms with Crippen LogP contribution in [0.15, 0.2) is 12.1 Å². The number of pyridine rings is 1. The molecule has 17 heavy (non-hydrogen) atoms. The quantitative estimate of drug-likeness (QED) is 0.580. The summed E-state index contributed by atoms with van der Waals surface area (Å²) in [5.74, 6) is 0.486. The molecule has 0 bridgehead atoms. The van der Waals surface area contributed by atoms with E-state index >= 15 is 0 Å². The Hall–Kier alpha value is -1.62. The molecule has 0 aliphatic heterocycles. The van der Waals surface area contributed by atoms with Crippen LogP contribution in [0.5, 0.6) is 5.88 Å². The summed E-state index contributed by atoms with van der Waals surface area (Å²) < 4.78 is 10.9. The van der Waals surface area contributed by atoms with E-state index in [9.17, 15) is 0 Å². The molecular formula is C12H19N3O2. The predicted molar refractivity (Wildman–Crippen MR) is 66.6 cm³/mol. The van der Waals surface area contributed by atoms with E-state index in [2.05, 4.69) is 4.98 Å². The minimum Gasteiger partial charge on any atom is -0.472 e. The highest BCUT2D eigenvalue weighted by Crippen LogP contribution is 2.13. The first kappa shape index (κ1) is 13.4. The van der Waals surface area contributed by atoms with Crippen LogP contribution >= 0.6 is 0 Å². The van der Waals surface area contributed by atoms with Crippen LogP contribution in [0, 0.1) is 12.3 Å². The van der Waals surface area contributed by atoms with Crippen molar-refractivity contribution in [2.45, 2.75) is 26.9 Å². The second-order valence-electron chi connectivity index (χ2n) is 3.84. The molecule has 0 fully saturated rings. The molecule has 1 heterocycles. The molecule has 0 saturated carbocycles. The van der Waals surface area contributed by atoms with Crippen molar-refractivity contribution >= 4 is 5.84 Å². The number of nitrogens with two attached hydrogens (primary N) is 1. The molecule has 3 N–H and O–H groups in total. The largest absolute Gasteiger partial charge is 0.472 e. The predicted octanol–water partition coefficient (Wildman–Crippen LogP) is 1.48. The van der Waals surface area contributed by atoms with Gasteiger partial charge in [-0.2, -0.15) is 0 Å². The number of nitrogens with zero attached hydrogens (tertiary/aromatic N) is 1. The lowest BCUT2D eigenvalue weighted by Crippen LogP contribution is -2.20. The van der Waals surface area contributed by atoms with Crippen LogP contribution in [-0.4, -0.2) is 30.1 Å². The van der Waals surface area contributed by atoms with Crippen molar-refractivity contribution in [3.63, 3.8) is 0 Å². The summed E-state index contributed by atoms with van der Waals surface area (Å²) in [4.78, 5) is 4.23. The van der Waals surface area contributed by atoms with E-state index in [1.807, 2.05) is 20.8 Å². The zero-order chi connectivity index (χ0) is 12.8. The molecule has 1 rings (SSSR count). The SMILES string of the molecule is CCOCC(C)Oc1cc(C(=N)N)cc(C)n1. The number of hydrogen-bond acceptors (Lipinski definition) is 4. The molecule has 5 nitrogen and oxygen atoms in total. The van der Waals surface area contributed by atoms with E-state index in [1.165, 1.54) is 0 Å². The van der Waals surface area contributed by atoms with E-state index < -0.39 is 0 Å². The minimum atomic E-state index is -0.0796. The van der Waals surface area contributed by atoms with E-state index in [-0.39, 0.29) is 11.9 Å². The maximum atomic E-state index is 7.39. The topological polar surface area (TPSA) is 81.2 Å². The summed E-state index contributed by atoms with van der Waals surface area (Å²) in [5, 5.41) is 7.39. The van der Waals surface area contributed by atoms with Gasteiger partial charge in [0.25, 0.3) is 0 Å². The van der Waals surface area contributed by atoms with Gasteiger partial charge in [-0.25, -0.2) is 4.98 Å². The highest BCUT2D eigenvalue weighted by atomic mass is 16.5. The third-order valence-electron chi connectivity index (χ3n) is 2.12. The van der Waals surface area contributed by atoms with Gasteiger partial charge in [-0.1, -0.05) is 0 Å². The van der Waals surface area contributed by atoms with Gasteiger partial charge in [0.1, 0.15) is 11.9 Å². The van der Waals surface area contributed by atoms with Crippen molar-refractivity contribution in [2.24, 2.45) is 5.73 Å².